The molecule has 0 spiro atoms. The van der Waals surface area contributed by atoms with Crippen LogP contribution in [0.25, 0.3) is 0 Å². The zero-order valence-corrected chi connectivity index (χ0v) is 12.3. The molecule has 0 aliphatic carbocycles. The highest BCUT2D eigenvalue weighted by Crippen LogP contribution is 2.28. The molecule has 20 heavy (non-hydrogen) atoms. The first-order valence-corrected chi connectivity index (χ1v) is 7.96. The lowest BCUT2D eigenvalue weighted by Gasteiger charge is -2.11. The molecule has 0 saturated carbocycles. The Balaban J connectivity index is 2.76. The minimum Gasteiger partial charge on any atom is -0.493 e. The Kier molecular flexibility index (Phi) is 5.82. The molecule has 0 aliphatic heterocycles. The van der Waals surface area contributed by atoms with Crippen molar-refractivity contribution >= 4 is 15.8 Å². The minimum atomic E-state index is -3.13. The van der Waals surface area contributed by atoms with E-state index < -0.39 is 15.8 Å². The molecule has 0 fully saturated rings. The maximum absolute atomic E-state index is 11.5. The maximum atomic E-state index is 11.5. The first-order chi connectivity index (χ1) is 9.39. The molecule has 0 aromatic heterocycles. The number of carboxylic acid groups (broad SMARTS) is 1. The number of ether oxygens (including phenoxy) is 2. The molecule has 7 heteroatoms. The van der Waals surface area contributed by atoms with Crippen molar-refractivity contribution in [3.8, 4) is 11.5 Å². The van der Waals surface area contributed by atoms with Gasteiger partial charge in [-0.3, -0.25) is 0 Å². The van der Waals surface area contributed by atoms with Gasteiger partial charge in [-0.15, -0.1) is 0 Å². The Labute approximate surface area is 118 Å². The van der Waals surface area contributed by atoms with Crippen LogP contribution in [0.3, 0.4) is 0 Å². The predicted octanol–water partition coefficient (Wildman–Crippen LogP) is 1.60. The second-order valence-electron chi connectivity index (χ2n) is 4.17. The van der Waals surface area contributed by atoms with Crippen molar-refractivity contribution in [3.05, 3.63) is 23.8 Å². The molecule has 0 aliphatic rings. The van der Waals surface area contributed by atoms with Crippen LogP contribution in [0.1, 0.15) is 23.7 Å². The molecule has 0 radical (unpaired) electrons. The lowest BCUT2D eigenvalue weighted by atomic mass is 10.2. The van der Waals surface area contributed by atoms with Crippen LogP contribution in [-0.4, -0.2) is 44.7 Å². The Morgan fingerprint density at radius 1 is 1.25 bits per heavy atom. The summed E-state index contributed by atoms with van der Waals surface area (Å²) < 4.78 is 33.5. The smallest absolute Gasteiger partial charge is 0.335 e. The van der Waals surface area contributed by atoms with Gasteiger partial charge in [0.2, 0.25) is 0 Å². The fourth-order valence-electron chi connectivity index (χ4n) is 1.61. The summed E-state index contributed by atoms with van der Waals surface area (Å²) in [7, 11) is -1.70. The molecule has 0 saturated heterocycles. The second-order valence-corrected chi connectivity index (χ2v) is 6.47. The second kappa shape index (κ2) is 7.14. The number of methoxy groups -OCH3 is 1. The highest BCUT2D eigenvalue weighted by molar-refractivity contribution is 7.91. The Morgan fingerprint density at radius 2 is 1.95 bits per heavy atom. The molecule has 1 aromatic carbocycles. The number of carboxylic acids is 1. The fourth-order valence-corrected chi connectivity index (χ4v) is 2.78. The Hall–Kier alpha value is -1.76. The normalized spacial score (nSPS) is 11.1. The van der Waals surface area contributed by atoms with Gasteiger partial charge in [0, 0.05) is 0 Å². The van der Waals surface area contributed by atoms with Crippen LogP contribution in [0.4, 0.5) is 0 Å². The molecular formula is C13H18O6S. The number of benzene rings is 1. The SMILES string of the molecule is CCCS(=O)(=O)CCOc1cc(C(=O)O)ccc1OC. The standard InChI is InChI=1S/C13H18O6S/c1-3-7-20(16,17)8-6-19-12-9-10(13(14)15)4-5-11(12)18-2/h4-5,9H,3,6-8H2,1-2H3,(H,14,15). The summed E-state index contributed by atoms with van der Waals surface area (Å²) in [4.78, 5) is 10.9. The summed E-state index contributed by atoms with van der Waals surface area (Å²) in [5.41, 5.74) is 0.0530. The highest BCUT2D eigenvalue weighted by atomic mass is 32.2. The molecule has 0 amide bonds. The molecule has 112 valence electrons. The van der Waals surface area contributed by atoms with Crippen molar-refractivity contribution in [3.63, 3.8) is 0 Å². The molecule has 6 nitrogen and oxygen atoms in total. The molecule has 0 atom stereocenters. The van der Waals surface area contributed by atoms with Gasteiger partial charge in [-0.1, -0.05) is 6.92 Å². The third-order valence-corrected chi connectivity index (χ3v) is 4.40. The van der Waals surface area contributed by atoms with Crippen LogP contribution in [0.5, 0.6) is 11.5 Å². The first-order valence-electron chi connectivity index (χ1n) is 6.14. The van der Waals surface area contributed by atoms with E-state index in [1.165, 1.54) is 25.3 Å². The first kappa shape index (κ1) is 16.3. The summed E-state index contributed by atoms with van der Waals surface area (Å²) in [6, 6.07) is 4.18. The molecular weight excluding hydrogens is 284 g/mol. The summed E-state index contributed by atoms with van der Waals surface area (Å²) in [5, 5.41) is 8.91. The van der Waals surface area contributed by atoms with Crippen LogP contribution in [0.15, 0.2) is 18.2 Å². The summed E-state index contributed by atoms with van der Waals surface area (Å²) in [5.74, 6) is -0.498. The Bertz CT molecular complexity index is 564. The van der Waals surface area contributed by atoms with Crippen molar-refractivity contribution in [2.75, 3.05) is 25.2 Å². The minimum absolute atomic E-state index is 0.0399. The highest BCUT2D eigenvalue weighted by Gasteiger charge is 2.13. The van der Waals surface area contributed by atoms with E-state index in [-0.39, 0.29) is 29.4 Å². The Morgan fingerprint density at radius 3 is 2.50 bits per heavy atom. The van der Waals surface area contributed by atoms with E-state index in [4.69, 9.17) is 14.6 Å². The fraction of sp³-hybridized carbons (Fsp3) is 0.462. The van der Waals surface area contributed by atoms with Crippen molar-refractivity contribution in [1.29, 1.82) is 0 Å². The molecule has 0 heterocycles. The van der Waals surface area contributed by atoms with E-state index in [2.05, 4.69) is 0 Å². The number of aromatic carboxylic acids is 1. The molecule has 1 rings (SSSR count). The van der Waals surface area contributed by atoms with E-state index in [9.17, 15) is 13.2 Å². The van der Waals surface area contributed by atoms with Crippen LogP contribution < -0.4 is 9.47 Å². The lowest BCUT2D eigenvalue weighted by Crippen LogP contribution is -2.17. The van der Waals surface area contributed by atoms with Gasteiger partial charge < -0.3 is 14.6 Å². The largest absolute Gasteiger partial charge is 0.493 e. The van der Waals surface area contributed by atoms with Gasteiger partial charge in [0.05, 0.1) is 24.2 Å². The van der Waals surface area contributed by atoms with E-state index in [1.807, 2.05) is 0 Å². The van der Waals surface area contributed by atoms with Crippen molar-refractivity contribution in [2.45, 2.75) is 13.3 Å². The average molecular weight is 302 g/mol. The summed E-state index contributed by atoms with van der Waals surface area (Å²) in [6.45, 7) is 1.75. The van der Waals surface area contributed by atoms with Gasteiger partial charge >= 0.3 is 5.97 Å². The number of rotatable bonds is 8. The third kappa shape index (κ3) is 4.73. The van der Waals surface area contributed by atoms with Crippen molar-refractivity contribution in [1.82, 2.24) is 0 Å². The van der Waals surface area contributed by atoms with E-state index >= 15 is 0 Å². The maximum Gasteiger partial charge on any atom is 0.335 e. The summed E-state index contributed by atoms with van der Waals surface area (Å²) >= 11 is 0. The predicted molar refractivity (Wildman–Crippen MR) is 74.4 cm³/mol. The number of carbonyl (C=O) groups is 1. The molecule has 0 unspecified atom stereocenters. The zero-order chi connectivity index (χ0) is 15.2. The van der Waals surface area contributed by atoms with E-state index in [1.54, 1.807) is 6.92 Å². The zero-order valence-electron chi connectivity index (χ0n) is 11.5. The number of sulfone groups is 1. The monoisotopic (exact) mass is 302 g/mol. The molecule has 1 N–H and O–H groups in total. The number of hydrogen-bond acceptors (Lipinski definition) is 5. The van der Waals surface area contributed by atoms with Crippen LogP contribution in [0, 0.1) is 0 Å². The molecule has 0 bridgehead atoms. The van der Waals surface area contributed by atoms with Crippen LogP contribution >= 0.6 is 0 Å². The van der Waals surface area contributed by atoms with Crippen LogP contribution in [-0.2, 0) is 9.84 Å². The lowest BCUT2D eigenvalue weighted by molar-refractivity contribution is 0.0696. The number of hydrogen-bond donors (Lipinski definition) is 1. The van der Waals surface area contributed by atoms with Gasteiger partial charge in [-0.2, -0.15) is 0 Å². The van der Waals surface area contributed by atoms with Gasteiger partial charge in [-0.25, -0.2) is 13.2 Å². The van der Waals surface area contributed by atoms with Gasteiger partial charge in [0.1, 0.15) is 6.61 Å². The van der Waals surface area contributed by atoms with E-state index in [0.29, 0.717) is 12.2 Å². The summed E-state index contributed by atoms with van der Waals surface area (Å²) in [6.07, 6.45) is 0.556. The van der Waals surface area contributed by atoms with Gasteiger partial charge in [0.25, 0.3) is 0 Å². The van der Waals surface area contributed by atoms with Gasteiger partial charge in [0.15, 0.2) is 21.3 Å². The third-order valence-electron chi connectivity index (χ3n) is 2.58. The molecule has 1 aromatic rings. The van der Waals surface area contributed by atoms with Crippen molar-refractivity contribution < 1.29 is 27.8 Å². The van der Waals surface area contributed by atoms with E-state index in [0.717, 1.165) is 0 Å². The van der Waals surface area contributed by atoms with Crippen molar-refractivity contribution in [2.24, 2.45) is 0 Å². The quantitative estimate of drug-likeness (QED) is 0.784. The van der Waals surface area contributed by atoms with Crippen LogP contribution in [0.2, 0.25) is 0 Å². The topological polar surface area (TPSA) is 89.9 Å². The van der Waals surface area contributed by atoms with Gasteiger partial charge in [-0.05, 0) is 24.6 Å². The average Bonchev–Trinajstić information content (AvgIpc) is 2.38.